The summed E-state index contributed by atoms with van der Waals surface area (Å²) in [6, 6.07) is 0. The van der Waals surface area contributed by atoms with Crippen molar-refractivity contribution in [2.45, 2.75) is 11.9 Å². The van der Waals surface area contributed by atoms with Gasteiger partial charge in [0.15, 0.2) is 0 Å². The minimum atomic E-state index is 0.458. The van der Waals surface area contributed by atoms with Crippen LogP contribution in [0.15, 0.2) is 11.2 Å². The van der Waals surface area contributed by atoms with Gasteiger partial charge in [0.25, 0.3) is 0 Å². The van der Waals surface area contributed by atoms with E-state index in [1.165, 1.54) is 0 Å². The number of hydrogen-bond donors (Lipinski definition) is 2. The minimum Gasteiger partial charge on any atom is -0.292 e. The molecule has 3 N–H and O–H groups in total. The Kier molecular flexibility index (Phi) is 2.67. The van der Waals surface area contributed by atoms with Gasteiger partial charge in [0.05, 0.1) is 0 Å². The van der Waals surface area contributed by atoms with E-state index in [4.69, 9.17) is 5.84 Å². The van der Waals surface area contributed by atoms with Crippen molar-refractivity contribution in [3.63, 3.8) is 0 Å². The lowest BCUT2D eigenvalue weighted by Gasteiger charge is -2.02. The highest BCUT2D eigenvalue weighted by Gasteiger charge is 1.99. The maximum absolute atomic E-state index is 5.14. The molecule has 0 aromatic carbocycles. The predicted molar refractivity (Wildman–Crippen MR) is 46.4 cm³/mol. The molecule has 0 bridgehead atoms. The van der Waals surface area contributed by atoms with Gasteiger partial charge in [-0.25, -0.2) is 15.8 Å². The van der Waals surface area contributed by atoms with Crippen molar-refractivity contribution >= 4 is 17.7 Å². The van der Waals surface area contributed by atoms with Gasteiger partial charge in [0, 0.05) is 6.20 Å². The molecular weight excluding hydrogens is 160 g/mol. The standard InChI is InChI=1S/C6H10N4S/c1-4-3-8-6(10-7)9-5(4)11-2/h3H,7H2,1-2H3,(H,8,9,10). The summed E-state index contributed by atoms with van der Waals surface area (Å²) >= 11 is 1.58. The van der Waals surface area contributed by atoms with Gasteiger partial charge in [-0.05, 0) is 18.7 Å². The lowest BCUT2D eigenvalue weighted by molar-refractivity contribution is 0.994. The number of nitrogens with two attached hydrogens (primary N) is 1. The van der Waals surface area contributed by atoms with E-state index in [2.05, 4.69) is 15.4 Å². The van der Waals surface area contributed by atoms with Crippen molar-refractivity contribution in [1.82, 2.24) is 9.97 Å². The van der Waals surface area contributed by atoms with E-state index >= 15 is 0 Å². The van der Waals surface area contributed by atoms with E-state index < -0.39 is 0 Å². The maximum atomic E-state index is 5.14. The zero-order chi connectivity index (χ0) is 8.27. The molecule has 0 aliphatic heterocycles. The van der Waals surface area contributed by atoms with Crippen LogP contribution in [0.1, 0.15) is 5.56 Å². The number of rotatable bonds is 2. The number of nitrogen functional groups attached to an aromatic ring is 1. The largest absolute Gasteiger partial charge is 0.292 e. The Morgan fingerprint density at radius 2 is 2.36 bits per heavy atom. The van der Waals surface area contributed by atoms with Crippen molar-refractivity contribution in [1.29, 1.82) is 0 Å². The first-order chi connectivity index (χ1) is 5.27. The van der Waals surface area contributed by atoms with E-state index in [0.717, 1.165) is 10.6 Å². The first kappa shape index (κ1) is 8.29. The Hall–Kier alpha value is -0.810. The summed E-state index contributed by atoms with van der Waals surface area (Å²) in [5, 5.41) is 0.952. The molecule has 1 rings (SSSR count). The Bertz CT molecular complexity index is 250. The monoisotopic (exact) mass is 170 g/mol. The van der Waals surface area contributed by atoms with Gasteiger partial charge in [0.1, 0.15) is 5.03 Å². The van der Waals surface area contributed by atoms with Crippen LogP contribution < -0.4 is 11.3 Å². The van der Waals surface area contributed by atoms with Crippen LogP contribution >= 0.6 is 11.8 Å². The second-order valence-corrected chi connectivity index (χ2v) is 2.83. The van der Waals surface area contributed by atoms with Crippen molar-refractivity contribution in [3.05, 3.63) is 11.8 Å². The molecule has 11 heavy (non-hydrogen) atoms. The minimum absolute atomic E-state index is 0.458. The summed E-state index contributed by atoms with van der Waals surface area (Å²) in [5.74, 6) is 5.60. The van der Waals surface area contributed by atoms with Gasteiger partial charge in [-0.2, -0.15) is 0 Å². The molecule has 0 spiro atoms. The van der Waals surface area contributed by atoms with Crippen LogP contribution in [0, 0.1) is 6.92 Å². The van der Waals surface area contributed by atoms with Gasteiger partial charge in [-0.1, -0.05) is 0 Å². The fourth-order valence-corrected chi connectivity index (χ4v) is 1.26. The van der Waals surface area contributed by atoms with Crippen LogP contribution in [-0.2, 0) is 0 Å². The smallest absolute Gasteiger partial charge is 0.238 e. The van der Waals surface area contributed by atoms with Gasteiger partial charge < -0.3 is 0 Å². The second kappa shape index (κ2) is 3.54. The lowest BCUT2D eigenvalue weighted by atomic mass is 10.4. The fourth-order valence-electron chi connectivity index (χ4n) is 0.703. The Balaban J connectivity index is 3.02. The predicted octanol–water partition coefficient (Wildman–Crippen LogP) is 0.793. The fraction of sp³-hybridized carbons (Fsp3) is 0.333. The Morgan fingerprint density at radius 3 is 2.91 bits per heavy atom. The average Bonchev–Trinajstić information content (AvgIpc) is 2.05. The van der Waals surface area contributed by atoms with E-state index in [1.54, 1.807) is 18.0 Å². The summed E-state index contributed by atoms with van der Waals surface area (Å²) in [7, 11) is 0. The van der Waals surface area contributed by atoms with E-state index in [0.29, 0.717) is 5.95 Å². The summed E-state index contributed by atoms with van der Waals surface area (Å²) < 4.78 is 0. The molecule has 0 saturated heterocycles. The first-order valence-corrected chi connectivity index (χ1v) is 4.34. The molecule has 5 heteroatoms. The zero-order valence-electron chi connectivity index (χ0n) is 6.46. The number of aryl methyl sites for hydroxylation is 1. The molecule has 1 heterocycles. The number of hydrazine groups is 1. The molecule has 60 valence electrons. The highest BCUT2D eigenvalue weighted by Crippen LogP contribution is 2.16. The number of nitrogens with zero attached hydrogens (tertiary/aromatic N) is 2. The molecule has 4 nitrogen and oxygen atoms in total. The van der Waals surface area contributed by atoms with Crippen LogP contribution in [-0.4, -0.2) is 16.2 Å². The molecule has 0 amide bonds. The Labute approximate surface area is 69.6 Å². The highest BCUT2D eigenvalue weighted by molar-refractivity contribution is 7.98. The van der Waals surface area contributed by atoms with Gasteiger partial charge in [-0.3, -0.25) is 5.43 Å². The summed E-state index contributed by atoms with van der Waals surface area (Å²) in [6.07, 6.45) is 3.71. The Morgan fingerprint density at radius 1 is 1.64 bits per heavy atom. The summed E-state index contributed by atoms with van der Waals surface area (Å²) in [5.41, 5.74) is 3.46. The normalized spacial score (nSPS) is 9.73. The molecule has 0 aliphatic rings. The van der Waals surface area contributed by atoms with Gasteiger partial charge >= 0.3 is 0 Å². The zero-order valence-corrected chi connectivity index (χ0v) is 7.27. The molecular formula is C6H10N4S. The van der Waals surface area contributed by atoms with Crippen LogP contribution in [0.4, 0.5) is 5.95 Å². The third-order valence-electron chi connectivity index (χ3n) is 1.25. The van der Waals surface area contributed by atoms with Gasteiger partial charge in [0.2, 0.25) is 5.95 Å². The molecule has 1 aromatic rings. The molecule has 0 aliphatic carbocycles. The van der Waals surface area contributed by atoms with Crippen molar-refractivity contribution in [3.8, 4) is 0 Å². The van der Waals surface area contributed by atoms with Crippen molar-refractivity contribution in [2.75, 3.05) is 11.7 Å². The number of nitrogens with one attached hydrogen (secondary N) is 1. The lowest BCUT2D eigenvalue weighted by Crippen LogP contribution is -2.10. The topological polar surface area (TPSA) is 63.8 Å². The van der Waals surface area contributed by atoms with Crippen LogP contribution in [0.3, 0.4) is 0 Å². The number of hydrogen-bond acceptors (Lipinski definition) is 5. The maximum Gasteiger partial charge on any atom is 0.238 e. The highest BCUT2D eigenvalue weighted by atomic mass is 32.2. The quantitative estimate of drug-likeness (QED) is 0.297. The molecule has 1 aromatic heterocycles. The average molecular weight is 170 g/mol. The molecule has 0 fully saturated rings. The van der Waals surface area contributed by atoms with E-state index in [-0.39, 0.29) is 0 Å². The molecule has 0 saturated carbocycles. The van der Waals surface area contributed by atoms with Crippen LogP contribution in [0.2, 0.25) is 0 Å². The van der Waals surface area contributed by atoms with E-state index in [1.807, 2.05) is 13.2 Å². The number of anilines is 1. The molecule has 0 unspecified atom stereocenters. The summed E-state index contributed by atoms with van der Waals surface area (Å²) in [4.78, 5) is 8.07. The first-order valence-electron chi connectivity index (χ1n) is 3.12. The molecule has 0 atom stereocenters. The molecule has 0 radical (unpaired) electrons. The number of thioether (sulfide) groups is 1. The van der Waals surface area contributed by atoms with E-state index in [9.17, 15) is 0 Å². The second-order valence-electron chi connectivity index (χ2n) is 2.03. The van der Waals surface area contributed by atoms with Crippen LogP contribution in [0.5, 0.6) is 0 Å². The summed E-state index contributed by atoms with van der Waals surface area (Å²) in [6.45, 7) is 1.96. The van der Waals surface area contributed by atoms with Gasteiger partial charge in [-0.15, -0.1) is 11.8 Å². The van der Waals surface area contributed by atoms with Crippen LogP contribution in [0.25, 0.3) is 0 Å². The third-order valence-corrected chi connectivity index (χ3v) is 2.05. The SMILES string of the molecule is CSc1nc(NN)ncc1C. The third kappa shape index (κ3) is 1.81. The number of aromatic nitrogens is 2. The van der Waals surface area contributed by atoms with Crippen molar-refractivity contribution < 1.29 is 0 Å². The van der Waals surface area contributed by atoms with Crippen molar-refractivity contribution in [2.24, 2.45) is 5.84 Å².